The maximum Gasteiger partial charge on any atom is 0.193 e. The van der Waals surface area contributed by atoms with Gasteiger partial charge in [-0.05, 0) is 18.9 Å². The summed E-state index contributed by atoms with van der Waals surface area (Å²) in [4.78, 5) is 9.49. The molecule has 6 nitrogen and oxygen atoms in total. The highest BCUT2D eigenvalue weighted by molar-refractivity contribution is 5.79. The van der Waals surface area contributed by atoms with Crippen molar-refractivity contribution in [1.82, 2.24) is 15.1 Å². The number of benzene rings is 1. The molecule has 1 fully saturated rings. The Morgan fingerprint density at radius 2 is 2.08 bits per heavy atom. The Labute approximate surface area is 158 Å². The summed E-state index contributed by atoms with van der Waals surface area (Å²) < 4.78 is 10.9. The van der Waals surface area contributed by atoms with Gasteiger partial charge >= 0.3 is 0 Å². The van der Waals surface area contributed by atoms with Crippen LogP contribution in [0.5, 0.6) is 5.75 Å². The van der Waals surface area contributed by atoms with Crippen molar-refractivity contribution in [3.63, 3.8) is 0 Å². The van der Waals surface area contributed by atoms with Crippen LogP contribution in [0, 0.1) is 5.92 Å². The summed E-state index contributed by atoms with van der Waals surface area (Å²) in [6.07, 6.45) is 0. The zero-order valence-electron chi connectivity index (χ0n) is 16.7. The molecule has 1 aromatic carbocycles. The number of hydrogen-bond donors (Lipinski definition) is 1. The molecule has 26 heavy (non-hydrogen) atoms. The lowest BCUT2D eigenvalue weighted by Crippen LogP contribution is -2.40. The maximum absolute atomic E-state index is 5.47. The predicted octanol–water partition coefficient (Wildman–Crippen LogP) is 2.06. The summed E-state index contributed by atoms with van der Waals surface area (Å²) in [6.45, 7) is 11.6. The second kappa shape index (κ2) is 11.0. The number of guanidine groups is 1. The van der Waals surface area contributed by atoms with Crippen molar-refractivity contribution in [1.29, 1.82) is 0 Å². The molecule has 0 spiro atoms. The third kappa shape index (κ3) is 6.50. The third-order valence-electron chi connectivity index (χ3n) is 4.52. The summed E-state index contributed by atoms with van der Waals surface area (Å²) in [6, 6.07) is 8.13. The van der Waals surface area contributed by atoms with Crippen LogP contribution >= 0.6 is 0 Å². The molecule has 146 valence electrons. The largest absolute Gasteiger partial charge is 0.496 e. The van der Waals surface area contributed by atoms with Gasteiger partial charge in [0.15, 0.2) is 5.96 Å². The van der Waals surface area contributed by atoms with E-state index in [0.717, 1.165) is 69.8 Å². The summed E-state index contributed by atoms with van der Waals surface area (Å²) in [5.74, 6) is 2.37. The standard InChI is InChI=1S/C20H34N4O2/c1-5-21-20(22-14-17(2)15-24-10-12-26-13-11-24)23(3)16-18-8-6-7-9-19(18)25-4/h6-9,17H,5,10-16H2,1-4H3,(H,21,22). The highest BCUT2D eigenvalue weighted by Crippen LogP contribution is 2.18. The van der Waals surface area contributed by atoms with Crippen LogP contribution in [0.15, 0.2) is 29.3 Å². The minimum Gasteiger partial charge on any atom is -0.496 e. The molecular weight excluding hydrogens is 328 g/mol. The van der Waals surface area contributed by atoms with Gasteiger partial charge in [0, 0.05) is 51.9 Å². The number of para-hydroxylation sites is 1. The molecular formula is C20H34N4O2. The van der Waals surface area contributed by atoms with Crippen LogP contribution in [-0.4, -0.2) is 75.9 Å². The molecule has 1 atom stereocenters. The first-order valence-electron chi connectivity index (χ1n) is 9.55. The van der Waals surface area contributed by atoms with Gasteiger partial charge in [-0.1, -0.05) is 25.1 Å². The van der Waals surface area contributed by atoms with Gasteiger partial charge in [-0.3, -0.25) is 9.89 Å². The summed E-state index contributed by atoms with van der Waals surface area (Å²) >= 11 is 0. The van der Waals surface area contributed by atoms with E-state index < -0.39 is 0 Å². The number of rotatable bonds is 8. The number of morpholine rings is 1. The van der Waals surface area contributed by atoms with Gasteiger partial charge in [-0.15, -0.1) is 0 Å². The zero-order valence-corrected chi connectivity index (χ0v) is 16.7. The van der Waals surface area contributed by atoms with Crippen LogP contribution in [-0.2, 0) is 11.3 Å². The molecule has 1 saturated heterocycles. The number of nitrogens with zero attached hydrogens (tertiary/aromatic N) is 3. The van der Waals surface area contributed by atoms with E-state index in [1.807, 2.05) is 18.2 Å². The van der Waals surface area contributed by atoms with Crippen molar-refractivity contribution in [2.75, 3.05) is 60.1 Å². The monoisotopic (exact) mass is 362 g/mol. The Hall–Kier alpha value is -1.79. The van der Waals surface area contributed by atoms with Gasteiger partial charge in [0.25, 0.3) is 0 Å². The van der Waals surface area contributed by atoms with Crippen LogP contribution in [0.1, 0.15) is 19.4 Å². The molecule has 1 N–H and O–H groups in total. The number of ether oxygens (including phenoxy) is 2. The first kappa shape index (κ1) is 20.5. The molecule has 1 unspecified atom stereocenters. The van der Waals surface area contributed by atoms with Crippen molar-refractivity contribution in [2.45, 2.75) is 20.4 Å². The van der Waals surface area contributed by atoms with Crippen LogP contribution in [0.25, 0.3) is 0 Å². The van der Waals surface area contributed by atoms with Crippen LogP contribution in [0.2, 0.25) is 0 Å². The lowest BCUT2D eigenvalue weighted by molar-refractivity contribution is 0.0323. The fraction of sp³-hybridized carbons (Fsp3) is 0.650. The average molecular weight is 363 g/mol. The maximum atomic E-state index is 5.47. The lowest BCUT2D eigenvalue weighted by atomic mass is 10.1. The molecule has 1 aromatic rings. The average Bonchev–Trinajstić information content (AvgIpc) is 2.66. The molecule has 1 aliphatic heterocycles. The predicted molar refractivity (Wildman–Crippen MR) is 107 cm³/mol. The van der Waals surface area contributed by atoms with Gasteiger partial charge in [0.05, 0.1) is 20.3 Å². The Bertz CT molecular complexity index is 558. The van der Waals surface area contributed by atoms with E-state index in [9.17, 15) is 0 Å². The first-order valence-corrected chi connectivity index (χ1v) is 9.55. The molecule has 6 heteroatoms. The highest BCUT2D eigenvalue weighted by Gasteiger charge is 2.14. The van der Waals surface area contributed by atoms with Crippen molar-refractivity contribution < 1.29 is 9.47 Å². The molecule has 0 bridgehead atoms. The van der Waals surface area contributed by atoms with E-state index in [1.165, 1.54) is 0 Å². The van der Waals surface area contributed by atoms with E-state index in [4.69, 9.17) is 14.5 Å². The van der Waals surface area contributed by atoms with Crippen molar-refractivity contribution in [2.24, 2.45) is 10.9 Å². The Kier molecular flexibility index (Phi) is 8.71. The Morgan fingerprint density at radius 3 is 2.77 bits per heavy atom. The van der Waals surface area contributed by atoms with Crippen LogP contribution in [0.3, 0.4) is 0 Å². The SMILES string of the molecule is CCNC(=NCC(C)CN1CCOCC1)N(C)Cc1ccccc1OC. The number of aliphatic imine (C=N–C) groups is 1. The third-order valence-corrected chi connectivity index (χ3v) is 4.52. The number of methoxy groups -OCH3 is 1. The molecule has 0 amide bonds. The van der Waals surface area contributed by atoms with Crippen LogP contribution in [0.4, 0.5) is 0 Å². The van der Waals surface area contributed by atoms with Gasteiger partial charge in [0.1, 0.15) is 5.75 Å². The molecule has 0 saturated carbocycles. The van der Waals surface area contributed by atoms with Crippen LogP contribution < -0.4 is 10.1 Å². The fourth-order valence-electron chi connectivity index (χ4n) is 3.16. The van der Waals surface area contributed by atoms with Crippen molar-refractivity contribution in [3.05, 3.63) is 29.8 Å². The molecule has 1 aliphatic rings. The quantitative estimate of drug-likeness (QED) is 0.567. The number of hydrogen-bond acceptors (Lipinski definition) is 4. The normalized spacial score (nSPS) is 17.0. The van der Waals surface area contributed by atoms with Gasteiger partial charge in [-0.2, -0.15) is 0 Å². The minimum absolute atomic E-state index is 0.515. The summed E-state index contributed by atoms with van der Waals surface area (Å²) in [5, 5.41) is 3.40. The van der Waals surface area contributed by atoms with E-state index in [1.54, 1.807) is 7.11 Å². The number of nitrogens with one attached hydrogen (secondary N) is 1. The smallest absolute Gasteiger partial charge is 0.193 e. The Morgan fingerprint density at radius 1 is 1.35 bits per heavy atom. The molecule has 0 aliphatic carbocycles. The fourth-order valence-corrected chi connectivity index (χ4v) is 3.16. The second-order valence-corrected chi connectivity index (χ2v) is 6.88. The summed E-state index contributed by atoms with van der Waals surface area (Å²) in [7, 11) is 3.78. The van der Waals surface area contributed by atoms with E-state index in [0.29, 0.717) is 5.92 Å². The first-order chi connectivity index (χ1) is 12.6. The van der Waals surface area contributed by atoms with Gasteiger partial charge < -0.3 is 19.7 Å². The lowest BCUT2D eigenvalue weighted by Gasteiger charge is -2.29. The highest BCUT2D eigenvalue weighted by atomic mass is 16.5. The molecule has 0 radical (unpaired) electrons. The molecule has 0 aromatic heterocycles. The van der Waals surface area contributed by atoms with E-state index in [2.05, 4.69) is 42.1 Å². The topological polar surface area (TPSA) is 49.3 Å². The molecule has 2 rings (SSSR count). The van der Waals surface area contributed by atoms with Gasteiger partial charge in [0.2, 0.25) is 0 Å². The zero-order chi connectivity index (χ0) is 18.8. The molecule has 1 heterocycles. The minimum atomic E-state index is 0.515. The Balaban J connectivity index is 1.93. The van der Waals surface area contributed by atoms with Crippen molar-refractivity contribution in [3.8, 4) is 5.75 Å². The van der Waals surface area contributed by atoms with Crippen molar-refractivity contribution >= 4 is 5.96 Å². The van der Waals surface area contributed by atoms with E-state index in [-0.39, 0.29) is 0 Å². The second-order valence-electron chi connectivity index (χ2n) is 6.88. The van der Waals surface area contributed by atoms with E-state index >= 15 is 0 Å². The van der Waals surface area contributed by atoms with Gasteiger partial charge in [-0.25, -0.2) is 0 Å². The summed E-state index contributed by atoms with van der Waals surface area (Å²) in [5.41, 5.74) is 1.16.